The van der Waals surface area contributed by atoms with Crippen molar-refractivity contribution in [2.75, 3.05) is 0 Å². The summed E-state index contributed by atoms with van der Waals surface area (Å²) in [5, 5.41) is 9.41. The second-order valence-corrected chi connectivity index (χ2v) is 6.68. The summed E-state index contributed by atoms with van der Waals surface area (Å²) in [6, 6.07) is 2.57. The molecule has 0 radical (unpaired) electrons. The smallest absolute Gasteiger partial charge is 0.0664 e. The second kappa shape index (κ2) is 4.78. The van der Waals surface area contributed by atoms with Crippen molar-refractivity contribution >= 4 is 0 Å². The molecule has 4 atom stereocenters. The lowest BCUT2D eigenvalue weighted by atomic mass is 9.63. The summed E-state index contributed by atoms with van der Waals surface area (Å²) < 4.78 is 0. The molecule has 4 unspecified atom stereocenters. The molecule has 1 saturated carbocycles. The highest BCUT2D eigenvalue weighted by atomic mass is 14.5. The highest BCUT2D eigenvalue weighted by Crippen LogP contribution is 2.49. The van der Waals surface area contributed by atoms with Crippen molar-refractivity contribution in [3.05, 3.63) is 0 Å². The zero-order valence-corrected chi connectivity index (χ0v) is 11.7. The van der Waals surface area contributed by atoms with E-state index in [0.29, 0.717) is 11.8 Å². The molecule has 92 valence electrons. The van der Waals surface area contributed by atoms with Gasteiger partial charge in [-0.2, -0.15) is 5.26 Å². The molecule has 1 aliphatic rings. The summed E-state index contributed by atoms with van der Waals surface area (Å²) >= 11 is 0. The van der Waals surface area contributed by atoms with E-state index in [2.05, 4.69) is 47.6 Å². The van der Waals surface area contributed by atoms with Gasteiger partial charge in [0.05, 0.1) is 12.0 Å². The summed E-state index contributed by atoms with van der Waals surface area (Å²) in [5.74, 6) is 2.91. The van der Waals surface area contributed by atoms with Crippen LogP contribution in [0.2, 0.25) is 0 Å². The number of hydrogen-bond acceptors (Lipinski definition) is 1. The lowest BCUT2D eigenvalue weighted by Gasteiger charge is -2.40. The molecule has 0 heterocycles. The molecule has 0 spiro atoms. The van der Waals surface area contributed by atoms with E-state index in [9.17, 15) is 5.26 Å². The Labute approximate surface area is 101 Å². The van der Waals surface area contributed by atoms with Gasteiger partial charge in [-0.15, -0.1) is 0 Å². The number of nitriles is 1. The van der Waals surface area contributed by atoms with Gasteiger partial charge in [0.25, 0.3) is 0 Å². The molecule has 0 saturated heterocycles. The normalized spacial score (nSPS) is 39.1. The minimum atomic E-state index is 0.152. The van der Waals surface area contributed by atoms with Crippen LogP contribution in [0.5, 0.6) is 0 Å². The quantitative estimate of drug-likeness (QED) is 0.598. The average Bonchev–Trinajstić information content (AvgIpc) is 2.24. The molecule has 0 aliphatic heterocycles. The zero-order valence-electron chi connectivity index (χ0n) is 11.7. The summed E-state index contributed by atoms with van der Waals surface area (Å²) in [6.45, 7) is 13.9. The number of nitrogens with zero attached hydrogens (tertiary/aromatic N) is 1. The predicted octanol–water partition coefficient (Wildman–Crippen LogP) is 4.49. The highest BCUT2D eigenvalue weighted by Gasteiger charge is 2.44. The van der Waals surface area contributed by atoms with E-state index in [0.717, 1.165) is 11.8 Å². The Bertz CT molecular complexity index is 272. The largest absolute Gasteiger partial charge is 0.198 e. The van der Waals surface area contributed by atoms with Gasteiger partial charge in [-0.25, -0.2) is 0 Å². The van der Waals surface area contributed by atoms with Crippen molar-refractivity contribution < 1.29 is 0 Å². The van der Waals surface area contributed by atoms with Crippen LogP contribution in [0.25, 0.3) is 0 Å². The van der Waals surface area contributed by atoms with Crippen LogP contribution in [0.3, 0.4) is 0 Å². The van der Waals surface area contributed by atoms with Crippen molar-refractivity contribution in [1.29, 1.82) is 5.26 Å². The molecule has 0 aromatic rings. The Hall–Kier alpha value is -0.510. The Balaban J connectivity index is 3.03. The van der Waals surface area contributed by atoms with Crippen LogP contribution in [0.4, 0.5) is 0 Å². The van der Waals surface area contributed by atoms with Gasteiger partial charge in [-0.3, -0.25) is 0 Å². The molecule has 0 aromatic heterocycles. The molecular weight excluding hydrogens is 194 g/mol. The van der Waals surface area contributed by atoms with Gasteiger partial charge in [0.2, 0.25) is 0 Å². The molecular formula is C15H27N. The van der Waals surface area contributed by atoms with E-state index in [1.54, 1.807) is 0 Å². The van der Waals surface area contributed by atoms with E-state index in [4.69, 9.17) is 0 Å². The van der Waals surface area contributed by atoms with Crippen LogP contribution >= 0.6 is 0 Å². The Morgan fingerprint density at radius 1 is 1.19 bits per heavy atom. The first-order valence-corrected chi connectivity index (χ1v) is 6.72. The van der Waals surface area contributed by atoms with E-state index in [-0.39, 0.29) is 11.3 Å². The second-order valence-electron chi connectivity index (χ2n) is 6.68. The first-order valence-electron chi connectivity index (χ1n) is 6.72. The van der Waals surface area contributed by atoms with Crippen molar-refractivity contribution in [1.82, 2.24) is 0 Å². The van der Waals surface area contributed by atoms with Gasteiger partial charge in [0.15, 0.2) is 0 Å². The van der Waals surface area contributed by atoms with Gasteiger partial charge < -0.3 is 0 Å². The number of hydrogen-bond donors (Lipinski definition) is 0. The third kappa shape index (κ3) is 2.26. The monoisotopic (exact) mass is 221 g/mol. The fourth-order valence-electron chi connectivity index (χ4n) is 3.64. The topological polar surface area (TPSA) is 23.8 Å². The molecule has 1 fully saturated rings. The van der Waals surface area contributed by atoms with Crippen molar-refractivity contribution in [2.24, 2.45) is 35.0 Å². The molecule has 0 aromatic carbocycles. The lowest BCUT2D eigenvalue weighted by Crippen LogP contribution is -2.36. The Morgan fingerprint density at radius 3 is 2.19 bits per heavy atom. The SMILES string of the molecule is CC(C)C1CCC(C)C(C#N)C(C)(C)C1C. The molecule has 0 N–H and O–H groups in total. The summed E-state index contributed by atoms with van der Waals surface area (Å²) in [4.78, 5) is 0. The fourth-order valence-corrected chi connectivity index (χ4v) is 3.64. The van der Waals surface area contributed by atoms with Gasteiger partial charge >= 0.3 is 0 Å². The van der Waals surface area contributed by atoms with E-state index >= 15 is 0 Å². The van der Waals surface area contributed by atoms with Crippen LogP contribution in [0.1, 0.15) is 54.4 Å². The Morgan fingerprint density at radius 2 is 1.75 bits per heavy atom. The average molecular weight is 221 g/mol. The third-order valence-electron chi connectivity index (χ3n) is 5.14. The summed E-state index contributed by atoms with van der Waals surface area (Å²) in [7, 11) is 0. The maximum absolute atomic E-state index is 9.41. The lowest BCUT2D eigenvalue weighted by molar-refractivity contribution is 0.0881. The van der Waals surface area contributed by atoms with Crippen LogP contribution in [0, 0.1) is 46.3 Å². The van der Waals surface area contributed by atoms with E-state index < -0.39 is 0 Å². The van der Waals surface area contributed by atoms with E-state index in [1.807, 2.05) is 0 Å². The van der Waals surface area contributed by atoms with Crippen LogP contribution < -0.4 is 0 Å². The molecule has 0 bridgehead atoms. The van der Waals surface area contributed by atoms with Crippen molar-refractivity contribution in [2.45, 2.75) is 54.4 Å². The Kier molecular flexibility index (Phi) is 4.05. The van der Waals surface area contributed by atoms with Crippen LogP contribution in [0.15, 0.2) is 0 Å². The predicted molar refractivity (Wildman–Crippen MR) is 68.8 cm³/mol. The van der Waals surface area contributed by atoms with Crippen LogP contribution in [-0.4, -0.2) is 0 Å². The molecule has 16 heavy (non-hydrogen) atoms. The number of rotatable bonds is 1. The van der Waals surface area contributed by atoms with Gasteiger partial charge in [0, 0.05) is 0 Å². The molecule has 1 aliphatic carbocycles. The summed E-state index contributed by atoms with van der Waals surface area (Å²) in [5.41, 5.74) is 0.152. The highest BCUT2D eigenvalue weighted by molar-refractivity contribution is 5.01. The van der Waals surface area contributed by atoms with Gasteiger partial charge in [-0.1, -0.05) is 41.5 Å². The first kappa shape index (κ1) is 13.6. The maximum Gasteiger partial charge on any atom is 0.0664 e. The van der Waals surface area contributed by atoms with E-state index in [1.165, 1.54) is 12.8 Å². The van der Waals surface area contributed by atoms with Gasteiger partial charge in [0.1, 0.15) is 0 Å². The molecule has 1 nitrogen and oxygen atoms in total. The van der Waals surface area contributed by atoms with Gasteiger partial charge in [-0.05, 0) is 41.9 Å². The molecule has 0 amide bonds. The minimum absolute atomic E-state index is 0.152. The van der Waals surface area contributed by atoms with Crippen molar-refractivity contribution in [3.8, 4) is 6.07 Å². The van der Waals surface area contributed by atoms with Crippen molar-refractivity contribution in [3.63, 3.8) is 0 Å². The molecule has 1 rings (SSSR count). The standard InChI is InChI=1S/C15H27N/c1-10(2)13-8-7-11(3)14(9-16)15(5,6)12(13)4/h10-14H,7-8H2,1-6H3. The first-order chi connectivity index (χ1) is 7.32. The maximum atomic E-state index is 9.41. The zero-order chi connectivity index (χ0) is 12.5. The fraction of sp³-hybridized carbons (Fsp3) is 0.933. The summed E-state index contributed by atoms with van der Waals surface area (Å²) in [6.07, 6.45) is 2.51. The molecule has 1 heteroatoms. The van der Waals surface area contributed by atoms with Crippen LogP contribution in [-0.2, 0) is 0 Å². The third-order valence-corrected chi connectivity index (χ3v) is 5.14. The minimum Gasteiger partial charge on any atom is -0.198 e.